The van der Waals surface area contributed by atoms with E-state index in [1.807, 2.05) is 0 Å². The monoisotopic (exact) mass is 205 g/mol. The van der Waals surface area contributed by atoms with Crippen molar-refractivity contribution in [1.82, 2.24) is 5.16 Å². The highest BCUT2D eigenvalue weighted by Gasteiger charge is 2.01. The Kier molecular flexibility index (Phi) is 2.74. The van der Waals surface area contributed by atoms with Crippen LogP contribution < -0.4 is 4.74 Å². The zero-order chi connectivity index (χ0) is 7.40. The molecule has 56 valence electrons. The Labute approximate surface area is 67.5 Å². The lowest BCUT2D eigenvalue weighted by atomic mass is 10.4. The third-order valence-electron chi connectivity index (χ3n) is 1.09. The number of methoxy groups -OCH3 is 1. The van der Waals surface area contributed by atoms with Gasteiger partial charge in [0, 0.05) is 17.8 Å². The molecule has 0 saturated carbocycles. The third-order valence-corrected chi connectivity index (χ3v) is 1.48. The molecular weight excluding hydrogens is 198 g/mol. The average molecular weight is 206 g/mol. The molecule has 0 amide bonds. The normalized spacial score (nSPS) is 9.80. The van der Waals surface area contributed by atoms with Gasteiger partial charge >= 0.3 is 0 Å². The van der Waals surface area contributed by atoms with Crippen LogP contribution in [0.5, 0.6) is 5.88 Å². The van der Waals surface area contributed by atoms with Crippen LogP contribution in [0.2, 0.25) is 0 Å². The largest absolute Gasteiger partial charge is 0.479 e. The first-order valence-corrected chi connectivity index (χ1v) is 4.04. The number of ether oxygens (including phenoxy) is 1. The second-order valence-corrected chi connectivity index (χ2v) is 2.57. The summed E-state index contributed by atoms with van der Waals surface area (Å²) in [7, 11) is 1.57. The van der Waals surface area contributed by atoms with E-state index in [0.29, 0.717) is 5.88 Å². The average Bonchev–Trinajstić information content (AvgIpc) is 2.37. The minimum Gasteiger partial charge on any atom is -0.479 e. The van der Waals surface area contributed by atoms with E-state index in [1.54, 1.807) is 13.2 Å². The fourth-order valence-electron chi connectivity index (χ4n) is 0.601. The molecule has 0 aliphatic carbocycles. The quantitative estimate of drug-likeness (QED) is 0.705. The molecule has 0 unspecified atom stereocenters. The van der Waals surface area contributed by atoms with Crippen molar-refractivity contribution in [2.24, 2.45) is 0 Å². The van der Waals surface area contributed by atoms with E-state index < -0.39 is 0 Å². The number of rotatable bonds is 3. The van der Waals surface area contributed by atoms with Gasteiger partial charge in [0.15, 0.2) is 0 Å². The minimum absolute atomic E-state index is 0.538. The molecule has 10 heavy (non-hydrogen) atoms. The summed E-state index contributed by atoms with van der Waals surface area (Å²) in [4.78, 5) is 0. The maximum absolute atomic E-state index is 4.89. The Hall–Kier alpha value is -0.510. The van der Waals surface area contributed by atoms with Crippen LogP contribution >= 0.6 is 15.9 Å². The van der Waals surface area contributed by atoms with Crippen LogP contribution in [-0.2, 0) is 6.42 Å². The lowest BCUT2D eigenvalue weighted by Gasteiger charge is -1.84. The first-order valence-electron chi connectivity index (χ1n) is 2.92. The van der Waals surface area contributed by atoms with Crippen LogP contribution in [0.15, 0.2) is 10.6 Å². The summed E-state index contributed by atoms with van der Waals surface area (Å²) in [5.74, 6) is 1.38. The predicted octanol–water partition coefficient (Wildman–Crippen LogP) is 1.62. The fraction of sp³-hybridized carbons (Fsp3) is 0.500. The van der Waals surface area contributed by atoms with E-state index in [2.05, 4.69) is 21.1 Å². The van der Waals surface area contributed by atoms with Crippen molar-refractivity contribution in [2.75, 3.05) is 12.4 Å². The van der Waals surface area contributed by atoms with E-state index in [4.69, 9.17) is 9.26 Å². The summed E-state index contributed by atoms with van der Waals surface area (Å²) in [5, 5.41) is 4.52. The van der Waals surface area contributed by atoms with Crippen molar-refractivity contribution >= 4 is 15.9 Å². The Bertz CT molecular complexity index is 199. The summed E-state index contributed by atoms with van der Waals surface area (Å²) in [5.41, 5.74) is 0. The summed E-state index contributed by atoms with van der Waals surface area (Å²) >= 11 is 3.29. The van der Waals surface area contributed by atoms with Crippen molar-refractivity contribution in [3.05, 3.63) is 11.8 Å². The maximum Gasteiger partial charge on any atom is 0.254 e. The Balaban J connectivity index is 2.59. The molecule has 1 aromatic rings. The van der Waals surface area contributed by atoms with Crippen molar-refractivity contribution in [1.29, 1.82) is 0 Å². The molecule has 1 heterocycles. The zero-order valence-corrected chi connectivity index (χ0v) is 7.22. The summed E-state index contributed by atoms with van der Waals surface area (Å²) in [6.07, 6.45) is 0.844. The highest BCUT2D eigenvalue weighted by molar-refractivity contribution is 9.09. The van der Waals surface area contributed by atoms with Gasteiger partial charge in [-0.15, -0.1) is 0 Å². The molecule has 0 aliphatic rings. The molecule has 0 fully saturated rings. The van der Waals surface area contributed by atoms with Gasteiger partial charge in [-0.1, -0.05) is 15.9 Å². The molecule has 0 aliphatic heterocycles. The molecule has 0 aromatic carbocycles. The smallest absolute Gasteiger partial charge is 0.254 e. The number of halogens is 1. The number of nitrogens with zero attached hydrogens (tertiary/aromatic N) is 1. The molecular formula is C6H8BrNO2. The van der Waals surface area contributed by atoms with Crippen molar-refractivity contribution < 1.29 is 9.26 Å². The second kappa shape index (κ2) is 3.61. The van der Waals surface area contributed by atoms with Crippen LogP contribution in [0.3, 0.4) is 0 Å². The van der Waals surface area contributed by atoms with E-state index in [-0.39, 0.29) is 0 Å². The molecule has 4 heteroatoms. The third kappa shape index (κ3) is 1.73. The van der Waals surface area contributed by atoms with Crippen molar-refractivity contribution in [3.63, 3.8) is 0 Å². The first kappa shape index (κ1) is 7.60. The second-order valence-electron chi connectivity index (χ2n) is 1.77. The van der Waals surface area contributed by atoms with Gasteiger partial charge in [-0.25, -0.2) is 0 Å². The van der Waals surface area contributed by atoms with E-state index >= 15 is 0 Å². The van der Waals surface area contributed by atoms with E-state index in [9.17, 15) is 0 Å². The topological polar surface area (TPSA) is 35.3 Å². The van der Waals surface area contributed by atoms with Crippen LogP contribution in [0.4, 0.5) is 0 Å². The van der Waals surface area contributed by atoms with Gasteiger partial charge in [0.25, 0.3) is 5.88 Å². The predicted molar refractivity (Wildman–Crippen MR) is 40.6 cm³/mol. The molecule has 0 spiro atoms. The fourth-order valence-corrected chi connectivity index (χ4v) is 0.992. The molecule has 0 radical (unpaired) electrons. The first-order chi connectivity index (χ1) is 4.86. The SMILES string of the molecule is COc1cc(CCBr)on1. The van der Waals surface area contributed by atoms with Gasteiger partial charge in [-0.2, -0.15) is 0 Å². The van der Waals surface area contributed by atoms with Crippen LogP contribution in [0, 0.1) is 0 Å². The Morgan fingerprint density at radius 1 is 1.80 bits per heavy atom. The molecule has 0 saturated heterocycles. The lowest BCUT2D eigenvalue weighted by Crippen LogP contribution is -1.80. The van der Waals surface area contributed by atoms with Gasteiger partial charge in [0.1, 0.15) is 5.76 Å². The molecule has 0 N–H and O–H groups in total. The highest BCUT2D eigenvalue weighted by atomic mass is 79.9. The number of hydrogen-bond acceptors (Lipinski definition) is 3. The number of alkyl halides is 1. The molecule has 0 bridgehead atoms. The molecule has 3 nitrogen and oxygen atoms in total. The summed E-state index contributed by atoms with van der Waals surface area (Å²) in [6, 6.07) is 1.78. The number of aromatic nitrogens is 1. The Morgan fingerprint density at radius 3 is 3.10 bits per heavy atom. The van der Waals surface area contributed by atoms with Gasteiger partial charge < -0.3 is 9.26 Å². The highest BCUT2D eigenvalue weighted by Crippen LogP contribution is 2.11. The molecule has 1 rings (SSSR count). The molecule has 1 aromatic heterocycles. The van der Waals surface area contributed by atoms with Crippen LogP contribution in [-0.4, -0.2) is 17.6 Å². The lowest BCUT2D eigenvalue weighted by molar-refractivity contribution is 0.328. The van der Waals surface area contributed by atoms with Gasteiger partial charge in [0.05, 0.1) is 7.11 Å². The van der Waals surface area contributed by atoms with Crippen molar-refractivity contribution in [2.45, 2.75) is 6.42 Å². The maximum atomic E-state index is 4.89. The Morgan fingerprint density at radius 2 is 2.60 bits per heavy atom. The van der Waals surface area contributed by atoms with Crippen molar-refractivity contribution in [3.8, 4) is 5.88 Å². The van der Waals surface area contributed by atoms with E-state index in [0.717, 1.165) is 17.5 Å². The van der Waals surface area contributed by atoms with Gasteiger partial charge in [-0.3, -0.25) is 0 Å². The summed E-state index contributed by atoms with van der Waals surface area (Å²) < 4.78 is 9.71. The molecule has 0 atom stereocenters. The number of aryl methyl sites for hydroxylation is 1. The van der Waals surface area contributed by atoms with Gasteiger partial charge in [-0.05, 0) is 5.16 Å². The van der Waals surface area contributed by atoms with Gasteiger partial charge in [0.2, 0.25) is 0 Å². The van der Waals surface area contributed by atoms with E-state index in [1.165, 1.54) is 0 Å². The number of hydrogen-bond donors (Lipinski definition) is 0. The zero-order valence-electron chi connectivity index (χ0n) is 5.63. The van der Waals surface area contributed by atoms with Crippen LogP contribution in [0.1, 0.15) is 5.76 Å². The minimum atomic E-state index is 0.538. The van der Waals surface area contributed by atoms with Crippen LogP contribution in [0.25, 0.3) is 0 Å². The summed E-state index contributed by atoms with van der Waals surface area (Å²) in [6.45, 7) is 0. The standard InChI is InChI=1S/C6H8BrNO2/c1-9-6-4-5(2-3-7)10-8-6/h4H,2-3H2,1H3.